The Balaban J connectivity index is 1.97. The van der Waals surface area contributed by atoms with Crippen LogP contribution in [0.5, 0.6) is 5.75 Å². The fourth-order valence-corrected chi connectivity index (χ4v) is 2.71. The van der Waals surface area contributed by atoms with Gasteiger partial charge in [0.15, 0.2) is 0 Å². The number of alkyl halides is 3. The van der Waals surface area contributed by atoms with E-state index in [2.05, 4.69) is 10.1 Å². The van der Waals surface area contributed by atoms with Crippen molar-refractivity contribution < 1.29 is 23.0 Å². The molecule has 0 aliphatic heterocycles. The van der Waals surface area contributed by atoms with Gasteiger partial charge in [0.1, 0.15) is 5.75 Å². The molecule has 1 atom stereocenters. The molecule has 1 fully saturated rings. The van der Waals surface area contributed by atoms with Gasteiger partial charge in [-0.1, -0.05) is 31.4 Å². The second-order valence-electron chi connectivity index (χ2n) is 5.35. The molecule has 1 unspecified atom stereocenters. The fraction of sp³-hybridized carbons (Fsp3) is 0.600. The Kier molecular flexibility index (Phi) is 5.47. The Morgan fingerprint density at radius 1 is 1.14 bits per heavy atom. The van der Waals surface area contributed by atoms with Crippen molar-refractivity contribution in [2.45, 2.75) is 50.6 Å². The van der Waals surface area contributed by atoms with E-state index in [1.165, 1.54) is 31.4 Å². The predicted molar refractivity (Wildman–Crippen MR) is 73.0 cm³/mol. The smallest absolute Gasteiger partial charge is 0.406 e. The van der Waals surface area contributed by atoms with Crippen molar-refractivity contribution >= 4 is 0 Å². The minimum Gasteiger partial charge on any atom is -0.406 e. The summed E-state index contributed by atoms with van der Waals surface area (Å²) in [7, 11) is 0. The lowest BCUT2D eigenvalue weighted by Crippen LogP contribution is -2.36. The molecule has 1 aromatic rings. The third-order valence-corrected chi connectivity index (χ3v) is 3.74. The molecule has 0 radical (unpaired) electrons. The van der Waals surface area contributed by atoms with E-state index in [0.29, 0.717) is 6.04 Å². The first-order valence-corrected chi connectivity index (χ1v) is 7.20. The molecule has 21 heavy (non-hydrogen) atoms. The number of aliphatic hydroxyl groups is 1. The van der Waals surface area contributed by atoms with Gasteiger partial charge in [0, 0.05) is 6.04 Å². The molecule has 3 nitrogen and oxygen atoms in total. The molecule has 0 bridgehead atoms. The SMILES string of the molecule is OCC(NC1CCCCC1)c1ccc(OC(F)(F)F)cc1. The number of nitrogens with one attached hydrogen (secondary N) is 1. The average Bonchev–Trinajstić information content (AvgIpc) is 2.45. The van der Waals surface area contributed by atoms with E-state index >= 15 is 0 Å². The van der Waals surface area contributed by atoms with Crippen LogP contribution >= 0.6 is 0 Å². The highest BCUT2D eigenvalue weighted by atomic mass is 19.4. The van der Waals surface area contributed by atoms with Crippen LogP contribution in [-0.2, 0) is 0 Å². The Bertz CT molecular complexity index is 428. The van der Waals surface area contributed by atoms with Crippen LogP contribution in [0.2, 0.25) is 0 Å². The second-order valence-corrected chi connectivity index (χ2v) is 5.35. The van der Waals surface area contributed by atoms with Crippen LogP contribution in [0.15, 0.2) is 24.3 Å². The average molecular weight is 303 g/mol. The monoisotopic (exact) mass is 303 g/mol. The third-order valence-electron chi connectivity index (χ3n) is 3.74. The van der Waals surface area contributed by atoms with Crippen molar-refractivity contribution in [2.75, 3.05) is 6.61 Å². The van der Waals surface area contributed by atoms with E-state index in [9.17, 15) is 18.3 Å². The Labute approximate surface area is 122 Å². The Morgan fingerprint density at radius 2 is 1.76 bits per heavy atom. The topological polar surface area (TPSA) is 41.5 Å². The van der Waals surface area contributed by atoms with Gasteiger partial charge in [-0.25, -0.2) is 0 Å². The van der Waals surface area contributed by atoms with E-state index in [0.717, 1.165) is 18.4 Å². The molecule has 6 heteroatoms. The summed E-state index contributed by atoms with van der Waals surface area (Å²) in [5, 5.41) is 12.9. The van der Waals surface area contributed by atoms with Crippen molar-refractivity contribution in [3.63, 3.8) is 0 Å². The van der Waals surface area contributed by atoms with Crippen molar-refractivity contribution in [1.29, 1.82) is 0 Å². The van der Waals surface area contributed by atoms with Gasteiger partial charge < -0.3 is 15.2 Å². The van der Waals surface area contributed by atoms with Crippen LogP contribution in [0, 0.1) is 0 Å². The van der Waals surface area contributed by atoms with Gasteiger partial charge in [-0.2, -0.15) is 0 Å². The highest BCUT2D eigenvalue weighted by molar-refractivity contribution is 5.29. The Hall–Kier alpha value is -1.27. The van der Waals surface area contributed by atoms with Gasteiger partial charge in [0.25, 0.3) is 0 Å². The lowest BCUT2D eigenvalue weighted by Gasteiger charge is -2.28. The molecule has 2 rings (SSSR count). The molecule has 0 aromatic heterocycles. The molecule has 1 aliphatic rings. The van der Waals surface area contributed by atoms with Gasteiger partial charge in [-0.3, -0.25) is 0 Å². The standard InChI is InChI=1S/C15H20F3NO2/c16-15(17,18)21-13-8-6-11(7-9-13)14(10-20)19-12-4-2-1-3-5-12/h6-9,12,14,19-20H,1-5,10H2. The molecule has 2 N–H and O–H groups in total. The number of hydrogen-bond donors (Lipinski definition) is 2. The summed E-state index contributed by atoms with van der Waals surface area (Å²) < 4.78 is 40.1. The van der Waals surface area contributed by atoms with Crippen molar-refractivity contribution in [3.05, 3.63) is 29.8 Å². The molecule has 0 heterocycles. The van der Waals surface area contributed by atoms with Crippen LogP contribution in [0.3, 0.4) is 0 Å². The molecule has 1 aromatic carbocycles. The zero-order valence-electron chi connectivity index (χ0n) is 11.7. The third kappa shape index (κ3) is 5.21. The first-order chi connectivity index (χ1) is 9.98. The van der Waals surface area contributed by atoms with Crippen molar-refractivity contribution in [1.82, 2.24) is 5.32 Å². The lowest BCUT2D eigenvalue weighted by atomic mass is 9.94. The minimum atomic E-state index is -4.68. The number of halogens is 3. The summed E-state index contributed by atoms with van der Waals surface area (Å²) in [6, 6.07) is 5.76. The lowest BCUT2D eigenvalue weighted by molar-refractivity contribution is -0.274. The van der Waals surface area contributed by atoms with Gasteiger partial charge >= 0.3 is 6.36 Å². The van der Waals surface area contributed by atoms with Gasteiger partial charge in [-0.15, -0.1) is 13.2 Å². The minimum absolute atomic E-state index is 0.0873. The fourth-order valence-electron chi connectivity index (χ4n) is 2.71. The summed E-state index contributed by atoms with van der Waals surface area (Å²) in [5.74, 6) is -0.249. The largest absolute Gasteiger partial charge is 0.573 e. The number of hydrogen-bond acceptors (Lipinski definition) is 3. The summed E-state index contributed by atoms with van der Waals surface area (Å²) in [4.78, 5) is 0. The Morgan fingerprint density at radius 3 is 2.29 bits per heavy atom. The highest BCUT2D eigenvalue weighted by Crippen LogP contribution is 2.26. The van der Waals surface area contributed by atoms with Crippen LogP contribution < -0.4 is 10.1 Å². The number of ether oxygens (including phenoxy) is 1. The zero-order chi connectivity index (χ0) is 15.3. The number of benzene rings is 1. The maximum Gasteiger partial charge on any atom is 0.573 e. The number of rotatable bonds is 5. The summed E-state index contributed by atoms with van der Waals surface area (Å²) in [6.07, 6.45) is 1.06. The van der Waals surface area contributed by atoms with Gasteiger partial charge in [0.05, 0.1) is 12.6 Å². The van der Waals surface area contributed by atoms with E-state index in [1.54, 1.807) is 12.1 Å². The normalized spacial score (nSPS) is 18.5. The molecule has 0 amide bonds. The van der Waals surface area contributed by atoms with Crippen LogP contribution in [0.4, 0.5) is 13.2 Å². The summed E-state index contributed by atoms with van der Waals surface area (Å²) >= 11 is 0. The maximum atomic E-state index is 12.1. The van der Waals surface area contributed by atoms with Gasteiger partial charge in [0.2, 0.25) is 0 Å². The number of aliphatic hydroxyl groups excluding tert-OH is 1. The summed E-state index contributed by atoms with van der Waals surface area (Å²) in [5.41, 5.74) is 0.762. The van der Waals surface area contributed by atoms with Crippen LogP contribution in [0.1, 0.15) is 43.7 Å². The van der Waals surface area contributed by atoms with E-state index in [-0.39, 0.29) is 18.4 Å². The summed E-state index contributed by atoms with van der Waals surface area (Å²) in [6.45, 7) is -0.0873. The first kappa shape index (κ1) is 16.1. The quantitative estimate of drug-likeness (QED) is 0.874. The zero-order valence-corrected chi connectivity index (χ0v) is 11.7. The van der Waals surface area contributed by atoms with Crippen LogP contribution in [-0.4, -0.2) is 24.1 Å². The van der Waals surface area contributed by atoms with Crippen LogP contribution in [0.25, 0.3) is 0 Å². The first-order valence-electron chi connectivity index (χ1n) is 7.20. The van der Waals surface area contributed by atoms with E-state index < -0.39 is 6.36 Å². The molecule has 0 spiro atoms. The van der Waals surface area contributed by atoms with Crippen molar-refractivity contribution in [2.24, 2.45) is 0 Å². The molecule has 1 saturated carbocycles. The molecular formula is C15H20F3NO2. The van der Waals surface area contributed by atoms with Crippen molar-refractivity contribution in [3.8, 4) is 5.75 Å². The maximum absolute atomic E-state index is 12.1. The molecule has 1 aliphatic carbocycles. The van der Waals surface area contributed by atoms with E-state index in [4.69, 9.17) is 0 Å². The molecule has 118 valence electrons. The highest BCUT2D eigenvalue weighted by Gasteiger charge is 2.31. The van der Waals surface area contributed by atoms with Gasteiger partial charge in [-0.05, 0) is 30.5 Å². The second kappa shape index (κ2) is 7.13. The van der Waals surface area contributed by atoms with E-state index in [1.807, 2.05) is 0 Å². The predicted octanol–water partition coefficient (Wildman–Crippen LogP) is 3.54. The molecular weight excluding hydrogens is 283 g/mol. The molecule has 0 saturated heterocycles.